The Morgan fingerprint density at radius 3 is 1.87 bits per heavy atom. The third kappa shape index (κ3) is 4.71. The average molecular weight is 321 g/mol. The molecule has 1 amide bonds. The van der Waals surface area contributed by atoms with Crippen LogP contribution in [0.3, 0.4) is 0 Å². The van der Waals surface area contributed by atoms with Crippen LogP contribution in [0.2, 0.25) is 0 Å². The van der Waals surface area contributed by atoms with Gasteiger partial charge in [-0.15, -0.1) is 0 Å². The second kappa shape index (κ2) is 8.34. The molecule has 4 heteroatoms. The van der Waals surface area contributed by atoms with Crippen molar-refractivity contribution < 1.29 is 14.6 Å². The van der Waals surface area contributed by atoms with E-state index in [2.05, 4.69) is 0 Å². The smallest absolute Gasteiger partial charge is 0.226 e. The van der Waals surface area contributed by atoms with Crippen LogP contribution in [-0.2, 0) is 4.79 Å². The zero-order valence-electron chi connectivity index (χ0n) is 15.4. The second-order valence-electron chi connectivity index (χ2n) is 6.80. The number of ether oxygens (including phenoxy) is 1. The molecule has 1 aromatic rings. The Morgan fingerprint density at radius 2 is 1.48 bits per heavy atom. The number of hydrogen-bond acceptors (Lipinski definition) is 3. The summed E-state index contributed by atoms with van der Waals surface area (Å²) in [6.07, 6.45) is -0.680. The number of nitrogens with zero attached hydrogens (tertiary/aromatic N) is 1. The van der Waals surface area contributed by atoms with Gasteiger partial charge in [0, 0.05) is 18.0 Å². The van der Waals surface area contributed by atoms with Crippen molar-refractivity contribution in [1.82, 2.24) is 4.90 Å². The number of methoxy groups -OCH3 is 1. The van der Waals surface area contributed by atoms with Crippen molar-refractivity contribution in [3.05, 3.63) is 29.8 Å². The molecule has 0 saturated carbocycles. The Morgan fingerprint density at radius 1 is 1.00 bits per heavy atom. The first-order valence-corrected chi connectivity index (χ1v) is 8.34. The number of carbonyl (C=O) groups is 1. The standard InChI is InChI=1S/C19H31NO3/c1-12(2)20(13(3)4)19(22)15(6)14(5)18(21)16-8-10-17(23-7)11-9-16/h8-15,18,21H,1-7H3/t14-,15-,18+/m1/s1. The van der Waals surface area contributed by atoms with Gasteiger partial charge in [-0.3, -0.25) is 4.79 Å². The van der Waals surface area contributed by atoms with Gasteiger partial charge < -0.3 is 14.7 Å². The molecule has 0 aliphatic carbocycles. The van der Waals surface area contributed by atoms with Crippen LogP contribution in [-0.4, -0.2) is 35.1 Å². The quantitative estimate of drug-likeness (QED) is 0.834. The van der Waals surface area contributed by atoms with Gasteiger partial charge >= 0.3 is 0 Å². The summed E-state index contributed by atoms with van der Waals surface area (Å²) < 4.78 is 5.14. The highest BCUT2D eigenvalue weighted by atomic mass is 16.5. The Kier molecular flexibility index (Phi) is 7.07. The minimum Gasteiger partial charge on any atom is -0.497 e. The molecule has 0 bridgehead atoms. The minimum atomic E-state index is -0.680. The zero-order chi connectivity index (χ0) is 17.7. The summed E-state index contributed by atoms with van der Waals surface area (Å²) in [6, 6.07) is 7.64. The first kappa shape index (κ1) is 19.5. The summed E-state index contributed by atoms with van der Waals surface area (Å²) in [5, 5.41) is 10.6. The molecule has 0 aliphatic rings. The van der Waals surface area contributed by atoms with Crippen molar-refractivity contribution in [2.75, 3.05) is 7.11 Å². The molecular weight excluding hydrogens is 290 g/mol. The van der Waals surface area contributed by atoms with E-state index < -0.39 is 6.10 Å². The molecule has 23 heavy (non-hydrogen) atoms. The summed E-state index contributed by atoms with van der Waals surface area (Å²) in [4.78, 5) is 14.7. The van der Waals surface area contributed by atoms with E-state index in [1.807, 2.05) is 70.7 Å². The molecule has 0 aromatic heterocycles. The summed E-state index contributed by atoms with van der Waals surface area (Å²) in [6.45, 7) is 11.9. The van der Waals surface area contributed by atoms with Gasteiger partial charge in [-0.05, 0) is 51.3 Å². The van der Waals surface area contributed by atoms with Crippen molar-refractivity contribution in [3.63, 3.8) is 0 Å². The van der Waals surface area contributed by atoms with Crippen molar-refractivity contribution in [2.24, 2.45) is 11.8 Å². The monoisotopic (exact) mass is 321 g/mol. The highest BCUT2D eigenvalue weighted by Crippen LogP contribution is 2.30. The normalized spacial score (nSPS) is 15.4. The number of amides is 1. The SMILES string of the molecule is COc1ccc([C@@H](O)[C@H](C)[C@@H](C)C(=O)N(C(C)C)C(C)C)cc1. The summed E-state index contributed by atoms with van der Waals surface area (Å²) in [5.74, 6) is 0.423. The fraction of sp³-hybridized carbons (Fsp3) is 0.632. The van der Waals surface area contributed by atoms with Gasteiger partial charge in [0.15, 0.2) is 0 Å². The van der Waals surface area contributed by atoms with E-state index in [1.165, 1.54) is 0 Å². The van der Waals surface area contributed by atoms with Crippen molar-refractivity contribution in [1.29, 1.82) is 0 Å². The van der Waals surface area contributed by atoms with E-state index in [9.17, 15) is 9.90 Å². The molecule has 0 spiro atoms. The number of benzene rings is 1. The van der Waals surface area contributed by atoms with Crippen LogP contribution >= 0.6 is 0 Å². The molecule has 0 aliphatic heterocycles. The molecule has 1 N–H and O–H groups in total. The number of aliphatic hydroxyl groups is 1. The zero-order valence-corrected chi connectivity index (χ0v) is 15.4. The number of aliphatic hydroxyl groups excluding tert-OH is 1. The number of rotatable bonds is 7. The molecule has 0 fully saturated rings. The van der Waals surface area contributed by atoms with Gasteiger partial charge in [0.1, 0.15) is 5.75 Å². The Bertz CT molecular complexity index is 488. The Labute approximate surface area is 140 Å². The highest BCUT2D eigenvalue weighted by molar-refractivity contribution is 5.79. The molecule has 0 heterocycles. The lowest BCUT2D eigenvalue weighted by molar-refractivity contribution is -0.141. The third-order valence-corrected chi connectivity index (χ3v) is 4.50. The maximum Gasteiger partial charge on any atom is 0.226 e. The molecule has 1 aromatic carbocycles. The number of carbonyl (C=O) groups excluding carboxylic acids is 1. The maximum absolute atomic E-state index is 12.8. The van der Waals surface area contributed by atoms with E-state index in [0.29, 0.717) is 0 Å². The lowest BCUT2D eigenvalue weighted by atomic mass is 9.85. The molecule has 3 atom stereocenters. The van der Waals surface area contributed by atoms with Crippen LogP contribution in [0, 0.1) is 11.8 Å². The Hall–Kier alpha value is -1.55. The van der Waals surface area contributed by atoms with Gasteiger partial charge in [0.2, 0.25) is 5.91 Å². The van der Waals surface area contributed by atoms with Gasteiger partial charge in [-0.2, -0.15) is 0 Å². The first-order chi connectivity index (χ1) is 10.7. The summed E-state index contributed by atoms with van der Waals surface area (Å²) in [5.41, 5.74) is 0.804. The van der Waals surface area contributed by atoms with Gasteiger partial charge in [0.25, 0.3) is 0 Å². The summed E-state index contributed by atoms with van der Waals surface area (Å²) >= 11 is 0. The van der Waals surface area contributed by atoms with Crippen LogP contribution in [0.15, 0.2) is 24.3 Å². The minimum absolute atomic E-state index is 0.0926. The van der Waals surface area contributed by atoms with Crippen molar-refractivity contribution >= 4 is 5.91 Å². The largest absolute Gasteiger partial charge is 0.497 e. The number of hydrogen-bond donors (Lipinski definition) is 1. The molecule has 130 valence electrons. The van der Waals surface area contributed by atoms with Crippen molar-refractivity contribution in [2.45, 2.75) is 59.7 Å². The van der Waals surface area contributed by atoms with Crippen LogP contribution in [0.1, 0.15) is 53.2 Å². The fourth-order valence-electron chi connectivity index (χ4n) is 2.94. The lowest BCUT2D eigenvalue weighted by Crippen LogP contribution is -2.46. The molecule has 4 nitrogen and oxygen atoms in total. The van der Waals surface area contributed by atoms with Crippen LogP contribution in [0.25, 0.3) is 0 Å². The van der Waals surface area contributed by atoms with Crippen molar-refractivity contribution in [3.8, 4) is 5.75 Å². The first-order valence-electron chi connectivity index (χ1n) is 8.34. The van der Waals surface area contributed by atoms with E-state index >= 15 is 0 Å². The van der Waals surface area contributed by atoms with Gasteiger partial charge in [-0.25, -0.2) is 0 Å². The molecule has 0 saturated heterocycles. The van der Waals surface area contributed by atoms with Crippen LogP contribution in [0.4, 0.5) is 0 Å². The van der Waals surface area contributed by atoms with Gasteiger partial charge in [-0.1, -0.05) is 26.0 Å². The molecule has 1 rings (SSSR count). The maximum atomic E-state index is 12.8. The van der Waals surface area contributed by atoms with E-state index in [-0.39, 0.29) is 29.8 Å². The third-order valence-electron chi connectivity index (χ3n) is 4.50. The predicted molar refractivity (Wildman–Crippen MR) is 93.4 cm³/mol. The highest BCUT2D eigenvalue weighted by Gasteiger charge is 2.32. The molecule has 0 radical (unpaired) electrons. The summed E-state index contributed by atoms with van der Waals surface area (Å²) in [7, 11) is 1.61. The average Bonchev–Trinajstić information content (AvgIpc) is 2.52. The van der Waals surface area contributed by atoms with E-state index in [4.69, 9.17) is 4.74 Å². The van der Waals surface area contributed by atoms with Gasteiger partial charge in [0.05, 0.1) is 13.2 Å². The molecular formula is C19H31NO3. The second-order valence-corrected chi connectivity index (χ2v) is 6.80. The van der Waals surface area contributed by atoms with Crippen LogP contribution < -0.4 is 4.74 Å². The van der Waals surface area contributed by atoms with E-state index in [1.54, 1.807) is 7.11 Å². The fourth-order valence-corrected chi connectivity index (χ4v) is 2.94. The lowest BCUT2D eigenvalue weighted by Gasteiger charge is -2.35. The Balaban J connectivity index is 2.88. The predicted octanol–water partition coefficient (Wildman–Crippen LogP) is 3.65. The molecule has 0 unspecified atom stereocenters. The van der Waals surface area contributed by atoms with E-state index in [0.717, 1.165) is 11.3 Å². The topological polar surface area (TPSA) is 49.8 Å². The van der Waals surface area contributed by atoms with Crippen LogP contribution in [0.5, 0.6) is 5.75 Å².